The van der Waals surface area contributed by atoms with Crippen LogP contribution >= 0.6 is 0 Å². The highest BCUT2D eigenvalue weighted by molar-refractivity contribution is 5.32. The van der Waals surface area contributed by atoms with E-state index in [-0.39, 0.29) is 11.5 Å². The maximum atomic E-state index is 12.9. The number of aromatic nitrogens is 2. The molecule has 3 heterocycles. The second kappa shape index (κ2) is 4.47. The lowest BCUT2D eigenvalue weighted by Gasteiger charge is -2.42. The molecule has 3 rings (SSSR count). The summed E-state index contributed by atoms with van der Waals surface area (Å²) < 4.78 is 20.8. The van der Waals surface area contributed by atoms with Crippen LogP contribution in [0.3, 0.4) is 0 Å². The molecule has 4 nitrogen and oxygen atoms in total. The molecule has 1 saturated heterocycles. The first-order chi connectivity index (χ1) is 9.01. The summed E-state index contributed by atoms with van der Waals surface area (Å²) >= 11 is 0. The highest BCUT2D eigenvalue weighted by Gasteiger charge is 2.37. The minimum atomic E-state index is -0.659. The van der Waals surface area contributed by atoms with Gasteiger partial charge in [0.05, 0.1) is 18.8 Å². The number of alkyl halides is 1. The summed E-state index contributed by atoms with van der Waals surface area (Å²) in [6.07, 6.45) is 2.32. The Morgan fingerprint density at radius 2 is 2.16 bits per heavy atom. The summed E-state index contributed by atoms with van der Waals surface area (Å²) in [6.45, 7) is 9.13. The minimum Gasteiger partial charge on any atom is -0.476 e. The number of rotatable bonds is 3. The fraction of sp³-hybridized carbons (Fsp3) is 0.786. The van der Waals surface area contributed by atoms with Crippen LogP contribution in [0, 0.1) is 0 Å². The molecule has 1 unspecified atom stereocenters. The Bertz CT molecular complexity index is 465. The quantitative estimate of drug-likeness (QED) is 0.839. The molecular weight excluding hydrogens is 245 g/mol. The van der Waals surface area contributed by atoms with Gasteiger partial charge in [0.25, 0.3) is 0 Å². The smallest absolute Gasteiger partial charge is 0.215 e. The number of likely N-dealkylation sites (tertiary alicyclic amines) is 1. The molecule has 19 heavy (non-hydrogen) atoms. The van der Waals surface area contributed by atoms with Crippen molar-refractivity contribution < 1.29 is 9.13 Å². The first-order valence-electron chi connectivity index (χ1n) is 7.08. The van der Waals surface area contributed by atoms with Gasteiger partial charge in [0.1, 0.15) is 12.8 Å². The van der Waals surface area contributed by atoms with Gasteiger partial charge in [-0.2, -0.15) is 5.10 Å². The third-order valence-electron chi connectivity index (χ3n) is 4.58. The monoisotopic (exact) mass is 267 g/mol. The van der Waals surface area contributed by atoms with Crippen molar-refractivity contribution >= 4 is 0 Å². The number of halogens is 1. The van der Waals surface area contributed by atoms with E-state index in [4.69, 9.17) is 4.74 Å². The van der Waals surface area contributed by atoms with Crippen molar-refractivity contribution in [1.82, 2.24) is 14.7 Å². The lowest BCUT2D eigenvalue weighted by molar-refractivity contribution is -0.0111. The molecule has 0 aromatic carbocycles. The van der Waals surface area contributed by atoms with Gasteiger partial charge in [0.15, 0.2) is 0 Å². The van der Waals surface area contributed by atoms with Gasteiger partial charge < -0.3 is 4.74 Å². The second-order valence-corrected chi connectivity index (χ2v) is 6.30. The molecule has 5 heteroatoms. The topological polar surface area (TPSA) is 30.3 Å². The van der Waals surface area contributed by atoms with Crippen molar-refractivity contribution in [3.8, 4) is 5.88 Å². The van der Waals surface area contributed by atoms with Gasteiger partial charge in [-0.3, -0.25) is 4.90 Å². The number of nitrogens with zero attached hydrogens (tertiary/aromatic N) is 3. The minimum absolute atomic E-state index is 0.0845. The van der Waals surface area contributed by atoms with Crippen molar-refractivity contribution in [3.63, 3.8) is 0 Å². The van der Waals surface area contributed by atoms with E-state index in [9.17, 15) is 4.39 Å². The summed E-state index contributed by atoms with van der Waals surface area (Å²) in [7, 11) is 0. The highest BCUT2D eigenvalue weighted by Crippen LogP contribution is 2.36. The molecule has 0 saturated carbocycles. The van der Waals surface area contributed by atoms with Crippen molar-refractivity contribution in [1.29, 1.82) is 0 Å². The summed E-state index contributed by atoms with van der Waals surface area (Å²) in [6, 6.07) is 0.261. The zero-order valence-corrected chi connectivity index (χ0v) is 11.9. The van der Waals surface area contributed by atoms with Crippen molar-refractivity contribution in [2.45, 2.75) is 51.4 Å². The van der Waals surface area contributed by atoms with Crippen LogP contribution in [-0.2, 0) is 12.0 Å². The van der Waals surface area contributed by atoms with Crippen LogP contribution in [0.4, 0.5) is 4.39 Å². The number of fused-ring (bicyclic) bond motifs is 1. The van der Waals surface area contributed by atoms with Gasteiger partial charge in [-0.1, -0.05) is 20.8 Å². The standard InChI is InChI=1S/C14H22FN3O/c1-4-14(2,3)12-5-16-18-8-11(9-19-13(12)18)17-6-10(15)7-17/h5,10-11H,4,6-9H2,1-3H3. The summed E-state index contributed by atoms with van der Waals surface area (Å²) in [5, 5.41) is 4.45. The molecule has 0 aliphatic carbocycles. The Hall–Kier alpha value is -1.10. The summed E-state index contributed by atoms with van der Waals surface area (Å²) in [5.74, 6) is 0.903. The molecule has 2 aliphatic heterocycles. The van der Waals surface area contributed by atoms with E-state index in [2.05, 4.69) is 30.8 Å². The Morgan fingerprint density at radius 1 is 1.42 bits per heavy atom. The molecular formula is C14H22FN3O. The molecule has 1 atom stereocenters. The number of ether oxygens (including phenoxy) is 1. The van der Waals surface area contributed by atoms with Crippen LogP contribution in [0.25, 0.3) is 0 Å². The van der Waals surface area contributed by atoms with Gasteiger partial charge in [-0.15, -0.1) is 0 Å². The molecule has 0 bridgehead atoms. The molecule has 0 spiro atoms. The second-order valence-electron chi connectivity index (χ2n) is 6.30. The van der Waals surface area contributed by atoms with E-state index in [1.165, 1.54) is 5.56 Å². The first kappa shape index (κ1) is 12.9. The van der Waals surface area contributed by atoms with Gasteiger partial charge in [0.2, 0.25) is 5.88 Å². The summed E-state index contributed by atoms with van der Waals surface area (Å²) in [4.78, 5) is 2.14. The predicted molar refractivity (Wildman–Crippen MR) is 71.3 cm³/mol. The Morgan fingerprint density at radius 3 is 2.79 bits per heavy atom. The van der Waals surface area contributed by atoms with E-state index in [1.807, 2.05) is 10.9 Å². The lowest BCUT2D eigenvalue weighted by atomic mass is 9.84. The molecule has 2 aliphatic rings. The lowest BCUT2D eigenvalue weighted by Crippen LogP contribution is -2.57. The van der Waals surface area contributed by atoms with E-state index < -0.39 is 6.17 Å². The molecule has 1 fully saturated rings. The zero-order chi connectivity index (χ0) is 13.6. The molecule has 0 radical (unpaired) electrons. The first-order valence-corrected chi connectivity index (χ1v) is 7.08. The highest BCUT2D eigenvalue weighted by atomic mass is 19.1. The molecule has 106 valence electrons. The predicted octanol–water partition coefficient (Wildman–Crippen LogP) is 1.99. The average molecular weight is 267 g/mol. The largest absolute Gasteiger partial charge is 0.476 e. The Kier molecular flexibility index (Phi) is 3.04. The fourth-order valence-electron chi connectivity index (χ4n) is 2.71. The SMILES string of the molecule is CCC(C)(C)c1cnn2c1OCC(N1CC(F)C1)C2. The van der Waals surface area contributed by atoms with Crippen LogP contribution in [0.5, 0.6) is 5.88 Å². The van der Waals surface area contributed by atoms with Gasteiger partial charge in [-0.25, -0.2) is 9.07 Å². The van der Waals surface area contributed by atoms with Crippen LogP contribution in [0.15, 0.2) is 6.20 Å². The van der Waals surface area contributed by atoms with E-state index in [0.29, 0.717) is 19.7 Å². The van der Waals surface area contributed by atoms with Gasteiger partial charge >= 0.3 is 0 Å². The van der Waals surface area contributed by atoms with Crippen LogP contribution in [-0.4, -0.2) is 46.6 Å². The van der Waals surface area contributed by atoms with Crippen molar-refractivity contribution in [2.75, 3.05) is 19.7 Å². The molecule has 0 amide bonds. The van der Waals surface area contributed by atoms with Gasteiger partial charge in [0, 0.05) is 18.7 Å². The van der Waals surface area contributed by atoms with Crippen LogP contribution in [0.2, 0.25) is 0 Å². The number of hydrogen-bond acceptors (Lipinski definition) is 3. The number of hydrogen-bond donors (Lipinski definition) is 0. The fourth-order valence-corrected chi connectivity index (χ4v) is 2.71. The maximum Gasteiger partial charge on any atom is 0.215 e. The maximum absolute atomic E-state index is 12.9. The van der Waals surface area contributed by atoms with Crippen molar-refractivity contribution in [2.24, 2.45) is 0 Å². The molecule has 1 aromatic heterocycles. The van der Waals surface area contributed by atoms with Gasteiger partial charge in [-0.05, 0) is 11.8 Å². The Balaban J connectivity index is 1.77. The van der Waals surface area contributed by atoms with E-state index >= 15 is 0 Å². The third kappa shape index (κ3) is 2.14. The zero-order valence-electron chi connectivity index (χ0n) is 11.9. The van der Waals surface area contributed by atoms with Crippen molar-refractivity contribution in [3.05, 3.63) is 11.8 Å². The van der Waals surface area contributed by atoms with Crippen LogP contribution < -0.4 is 4.74 Å². The normalized spacial score (nSPS) is 24.7. The Labute approximate surface area is 113 Å². The van der Waals surface area contributed by atoms with Crippen LogP contribution in [0.1, 0.15) is 32.8 Å². The molecule has 0 N–H and O–H groups in total. The third-order valence-corrected chi connectivity index (χ3v) is 4.58. The van der Waals surface area contributed by atoms with E-state index in [1.54, 1.807) is 0 Å². The average Bonchev–Trinajstić information content (AvgIpc) is 2.78. The summed E-state index contributed by atoms with van der Waals surface area (Å²) in [5.41, 5.74) is 1.27. The van der Waals surface area contributed by atoms with E-state index in [0.717, 1.165) is 18.8 Å². The molecule has 1 aromatic rings.